The van der Waals surface area contributed by atoms with E-state index in [4.69, 9.17) is 0 Å². The van der Waals surface area contributed by atoms with Crippen LogP contribution in [0.1, 0.15) is 21.5 Å². The highest BCUT2D eigenvalue weighted by Gasteiger charge is 2.16. The van der Waals surface area contributed by atoms with E-state index in [1.165, 1.54) is 23.1 Å². The molecule has 2 heterocycles. The van der Waals surface area contributed by atoms with E-state index in [-0.39, 0.29) is 11.0 Å². The Morgan fingerprint density at radius 2 is 1.93 bits per heavy atom. The molecule has 0 aliphatic carbocycles. The van der Waals surface area contributed by atoms with Gasteiger partial charge in [0.1, 0.15) is 10.6 Å². The van der Waals surface area contributed by atoms with Gasteiger partial charge in [-0.3, -0.25) is 14.9 Å². The third-order valence-corrected chi connectivity index (χ3v) is 5.16. The van der Waals surface area contributed by atoms with Gasteiger partial charge in [-0.05, 0) is 31.5 Å². The lowest BCUT2D eigenvalue weighted by molar-refractivity contribution is 0.102. The highest BCUT2D eigenvalue weighted by Crippen LogP contribution is 2.29. The minimum Gasteiger partial charge on any atom is -0.360 e. The average Bonchev–Trinajstić information content (AvgIpc) is 3.10. The number of benzene rings is 2. The number of hydrogen-bond acceptors (Lipinski definition) is 5. The number of aromatic nitrogens is 3. The van der Waals surface area contributed by atoms with E-state index < -0.39 is 5.91 Å². The van der Waals surface area contributed by atoms with Gasteiger partial charge in [0.15, 0.2) is 0 Å². The molecule has 4 aromatic rings. The molecule has 0 radical (unpaired) electrons. The molecule has 1 amide bonds. The number of nitrogens with one attached hydrogen (secondary N) is 2. The summed E-state index contributed by atoms with van der Waals surface area (Å²) < 4.78 is 0. The highest BCUT2D eigenvalue weighted by atomic mass is 32.1. The van der Waals surface area contributed by atoms with Crippen LogP contribution in [0.15, 0.2) is 53.5 Å². The molecule has 134 valence electrons. The normalized spacial score (nSPS) is 10.9. The lowest BCUT2D eigenvalue weighted by atomic mass is 10.1. The van der Waals surface area contributed by atoms with Gasteiger partial charge in [0.05, 0.1) is 0 Å². The molecule has 0 atom stereocenters. The molecule has 0 aliphatic rings. The van der Waals surface area contributed by atoms with Gasteiger partial charge in [0.25, 0.3) is 5.91 Å². The summed E-state index contributed by atoms with van der Waals surface area (Å²) in [5, 5.41) is 12.4. The molecular weight excluding hydrogens is 360 g/mol. The molecule has 0 bridgehead atoms. The van der Waals surface area contributed by atoms with Crippen molar-refractivity contribution in [2.24, 2.45) is 0 Å². The Morgan fingerprint density at radius 1 is 1.11 bits per heavy atom. The number of nitrogens with zero attached hydrogens (tertiary/aromatic N) is 2. The van der Waals surface area contributed by atoms with Crippen molar-refractivity contribution >= 4 is 33.3 Å². The second-order valence-electron chi connectivity index (χ2n) is 6.26. The van der Waals surface area contributed by atoms with Crippen LogP contribution in [0, 0.1) is 13.8 Å². The van der Waals surface area contributed by atoms with Crippen LogP contribution in [0.2, 0.25) is 0 Å². The van der Waals surface area contributed by atoms with Crippen LogP contribution in [0.3, 0.4) is 0 Å². The number of hydrogen-bond donors (Lipinski definition) is 2. The van der Waals surface area contributed by atoms with Gasteiger partial charge in [0, 0.05) is 22.7 Å². The van der Waals surface area contributed by atoms with Gasteiger partial charge in [-0.15, -0.1) is 10.2 Å². The molecule has 27 heavy (non-hydrogen) atoms. The van der Waals surface area contributed by atoms with Crippen LogP contribution in [0.5, 0.6) is 0 Å². The van der Waals surface area contributed by atoms with Gasteiger partial charge in [-0.1, -0.05) is 47.2 Å². The summed E-state index contributed by atoms with van der Waals surface area (Å²) in [6, 6.07) is 13.1. The quantitative estimate of drug-likeness (QED) is 0.567. The number of anilines is 1. The summed E-state index contributed by atoms with van der Waals surface area (Å²) in [4.78, 5) is 28.1. The van der Waals surface area contributed by atoms with E-state index in [9.17, 15) is 9.59 Å². The molecule has 0 aliphatic heterocycles. The van der Waals surface area contributed by atoms with Gasteiger partial charge in [-0.2, -0.15) is 0 Å². The zero-order chi connectivity index (χ0) is 19.0. The van der Waals surface area contributed by atoms with Crippen LogP contribution in [0.25, 0.3) is 21.5 Å². The van der Waals surface area contributed by atoms with E-state index >= 15 is 0 Å². The van der Waals surface area contributed by atoms with Crippen molar-refractivity contribution in [3.05, 3.63) is 75.6 Å². The Kier molecular flexibility index (Phi) is 4.29. The first-order valence-corrected chi connectivity index (χ1v) is 9.17. The smallest absolute Gasteiger partial charge is 0.262 e. The molecular formula is C20H16N4O2S. The molecule has 0 saturated carbocycles. The van der Waals surface area contributed by atoms with Crippen molar-refractivity contribution in [3.63, 3.8) is 0 Å². The predicted molar refractivity (Wildman–Crippen MR) is 107 cm³/mol. The van der Waals surface area contributed by atoms with Crippen LogP contribution in [-0.4, -0.2) is 21.1 Å². The average molecular weight is 376 g/mol. The van der Waals surface area contributed by atoms with Crippen molar-refractivity contribution in [1.29, 1.82) is 0 Å². The summed E-state index contributed by atoms with van der Waals surface area (Å²) >= 11 is 1.27. The number of amides is 1. The number of fused-ring (bicyclic) bond motifs is 1. The summed E-state index contributed by atoms with van der Waals surface area (Å²) in [5.74, 6) is -0.509. The monoisotopic (exact) mass is 376 g/mol. The predicted octanol–water partition coefficient (Wildman–Crippen LogP) is 3.92. The first kappa shape index (κ1) is 17.1. The molecule has 0 unspecified atom stereocenters. The summed E-state index contributed by atoms with van der Waals surface area (Å²) in [5.41, 5.74) is 3.65. The van der Waals surface area contributed by atoms with Crippen molar-refractivity contribution in [2.45, 2.75) is 13.8 Å². The molecule has 4 rings (SSSR count). The van der Waals surface area contributed by atoms with Gasteiger partial charge in [-0.25, -0.2) is 0 Å². The van der Waals surface area contributed by atoms with E-state index in [0.717, 1.165) is 16.1 Å². The fourth-order valence-corrected chi connectivity index (χ4v) is 3.77. The first-order valence-electron chi connectivity index (χ1n) is 8.36. The van der Waals surface area contributed by atoms with E-state index in [1.807, 2.05) is 32.0 Å². The van der Waals surface area contributed by atoms with Crippen molar-refractivity contribution in [1.82, 2.24) is 15.2 Å². The first-order chi connectivity index (χ1) is 13.0. The minimum atomic E-state index is -0.509. The van der Waals surface area contributed by atoms with Crippen molar-refractivity contribution in [3.8, 4) is 10.6 Å². The largest absolute Gasteiger partial charge is 0.360 e. The third kappa shape index (κ3) is 3.24. The molecule has 0 fully saturated rings. The number of aromatic amines is 1. The fourth-order valence-electron chi connectivity index (χ4n) is 2.94. The van der Waals surface area contributed by atoms with Gasteiger partial charge in [0.2, 0.25) is 10.6 Å². The van der Waals surface area contributed by atoms with Crippen LogP contribution in [-0.2, 0) is 0 Å². The summed E-state index contributed by atoms with van der Waals surface area (Å²) in [6.45, 7) is 4.04. The molecule has 7 heteroatoms. The van der Waals surface area contributed by atoms with Crippen LogP contribution < -0.4 is 10.7 Å². The summed E-state index contributed by atoms with van der Waals surface area (Å²) in [6.07, 6.45) is 1.42. The zero-order valence-electron chi connectivity index (χ0n) is 14.7. The molecule has 2 N–H and O–H groups in total. The molecule has 0 spiro atoms. The topological polar surface area (TPSA) is 87.7 Å². The lowest BCUT2D eigenvalue weighted by Crippen LogP contribution is -2.21. The van der Waals surface area contributed by atoms with Crippen LogP contribution >= 0.6 is 11.3 Å². The number of aryl methyl sites for hydroxylation is 2. The SMILES string of the molecule is Cc1ccc(-c2nnc(NC(=O)c3c[nH]c4ccccc4c3=O)s2)c(C)c1. The Bertz CT molecular complexity index is 1230. The van der Waals surface area contributed by atoms with Crippen molar-refractivity contribution < 1.29 is 4.79 Å². The number of rotatable bonds is 3. The number of carbonyl (C=O) groups excluding carboxylic acids is 1. The van der Waals surface area contributed by atoms with E-state index in [1.54, 1.807) is 18.2 Å². The molecule has 2 aromatic carbocycles. The maximum Gasteiger partial charge on any atom is 0.262 e. The summed E-state index contributed by atoms with van der Waals surface area (Å²) in [7, 11) is 0. The standard InChI is InChI=1S/C20H16N4O2S/c1-11-7-8-13(12(2)9-11)19-23-24-20(27-19)22-18(26)15-10-21-16-6-4-3-5-14(16)17(15)25/h3-10H,1-2H3,(H,21,25)(H,22,24,26). The molecule has 2 aromatic heterocycles. The van der Waals surface area contributed by atoms with E-state index in [2.05, 4.69) is 26.6 Å². The maximum absolute atomic E-state index is 12.5. The molecule has 0 saturated heterocycles. The second kappa shape index (κ2) is 6.77. The number of H-pyrrole nitrogens is 1. The fraction of sp³-hybridized carbons (Fsp3) is 0.100. The molecule has 6 nitrogen and oxygen atoms in total. The Hall–Kier alpha value is -3.32. The van der Waals surface area contributed by atoms with Gasteiger partial charge < -0.3 is 4.98 Å². The minimum absolute atomic E-state index is 0.0389. The van der Waals surface area contributed by atoms with Crippen molar-refractivity contribution in [2.75, 3.05) is 5.32 Å². The highest BCUT2D eigenvalue weighted by molar-refractivity contribution is 7.18. The van der Waals surface area contributed by atoms with Crippen LogP contribution in [0.4, 0.5) is 5.13 Å². The zero-order valence-corrected chi connectivity index (χ0v) is 15.6. The maximum atomic E-state index is 12.5. The lowest BCUT2D eigenvalue weighted by Gasteiger charge is -2.03. The third-order valence-electron chi connectivity index (χ3n) is 4.29. The second-order valence-corrected chi connectivity index (χ2v) is 7.24. The number of carbonyl (C=O) groups is 1. The number of pyridine rings is 1. The van der Waals surface area contributed by atoms with E-state index in [0.29, 0.717) is 16.0 Å². The Labute approximate surface area is 158 Å². The number of para-hydroxylation sites is 1. The van der Waals surface area contributed by atoms with Gasteiger partial charge >= 0.3 is 0 Å². The Balaban J connectivity index is 1.62. The Morgan fingerprint density at radius 3 is 2.74 bits per heavy atom.